The van der Waals surface area contributed by atoms with Crippen molar-refractivity contribution in [3.05, 3.63) is 88.9 Å². The van der Waals surface area contributed by atoms with Crippen LogP contribution in [0.2, 0.25) is 5.02 Å². The summed E-state index contributed by atoms with van der Waals surface area (Å²) in [6, 6.07) is 22.7. The average Bonchev–Trinajstić information content (AvgIpc) is 2.68. The number of carbonyl (C=O) groups is 1. The Kier molecular flexibility index (Phi) is 8.42. The van der Waals surface area contributed by atoms with Gasteiger partial charge in [-0.3, -0.25) is 4.79 Å². The fraction of sp³-hybridized carbons (Fsp3) is 0.0952. The van der Waals surface area contributed by atoms with Crippen LogP contribution in [0.3, 0.4) is 0 Å². The number of hydrogen-bond acceptors (Lipinski definition) is 3. The molecule has 0 N–H and O–H groups in total. The number of carbonyl (C=O) groups excluding carboxylic acids is 1. The van der Waals surface area contributed by atoms with Crippen LogP contribution in [0.15, 0.2) is 72.8 Å². The Morgan fingerprint density at radius 3 is 2.33 bits per heavy atom. The van der Waals surface area contributed by atoms with Gasteiger partial charge in [0.25, 0.3) is 0 Å². The predicted octanol–water partition coefficient (Wildman–Crippen LogP) is 4.69. The summed E-state index contributed by atoms with van der Waals surface area (Å²) >= 11 is 6.18. The maximum Gasteiger partial charge on any atom is 0.190 e. The van der Waals surface area contributed by atoms with Crippen molar-refractivity contribution in [1.82, 2.24) is 0 Å². The summed E-state index contributed by atoms with van der Waals surface area (Å²) in [6.45, 7) is 0.512. The molecule has 3 nitrogen and oxygen atoms in total. The Bertz CT molecular complexity index is 886. The molecule has 0 fully saturated rings. The van der Waals surface area contributed by atoms with Crippen molar-refractivity contribution in [3.63, 3.8) is 0 Å². The molecule has 0 amide bonds. The van der Waals surface area contributed by atoms with E-state index in [4.69, 9.17) is 21.1 Å². The van der Waals surface area contributed by atoms with Crippen LogP contribution in [-0.2, 0) is 6.61 Å². The van der Waals surface area contributed by atoms with Gasteiger partial charge >= 0.3 is 0 Å². The summed E-state index contributed by atoms with van der Waals surface area (Å²) < 4.78 is 11.0. The number of rotatable bonds is 7. The molecule has 3 aromatic carbocycles. The fourth-order valence-electron chi connectivity index (χ4n) is 2.46. The molecule has 0 aromatic heterocycles. The van der Waals surface area contributed by atoms with Gasteiger partial charge in [0, 0.05) is 18.9 Å². The van der Waals surface area contributed by atoms with Gasteiger partial charge in [-0.05, 0) is 43.7 Å². The number of benzene rings is 3. The first-order valence-corrected chi connectivity index (χ1v) is 9.46. The molecule has 0 aliphatic carbocycles. The Labute approximate surface area is 178 Å². The molecule has 0 saturated carbocycles. The predicted molar refractivity (Wildman–Crippen MR) is 113 cm³/mol. The summed E-state index contributed by atoms with van der Waals surface area (Å²) in [5.74, 6) is 1.27. The quantitative estimate of drug-likeness (QED) is 0.433. The molecule has 0 spiro atoms. The summed E-state index contributed by atoms with van der Waals surface area (Å²) in [7, 11) is 1.50. The minimum Gasteiger partial charge on any atom is -0.496 e. The Morgan fingerprint density at radius 1 is 0.963 bits per heavy atom. The van der Waals surface area contributed by atoms with E-state index in [-0.39, 0.29) is 33.0 Å². The van der Waals surface area contributed by atoms with Gasteiger partial charge in [-0.15, -0.1) is 0 Å². The van der Waals surface area contributed by atoms with Crippen molar-refractivity contribution in [2.24, 2.45) is 0 Å². The normalized spacial score (nSPS) is 10.4. The molecule has 0 aliphatic heterocycles. The zero-order valence-electron chi connectivity index (χ0n) is 15.2. The second kappa shape index (κ2) is 10.5. The van der Waals surface area contributed by atoms with E-state index in [0.717, 1.165) is 16.6 Å². The minimum atomic E-state index is -0.0506. The Morgan fingerprint density at radius 2 is 1.67 bits per heavy atom. The van der Waals surface area contributed by atoms with Crippen molar-refractivity contribution in [2.45, 2.75) is 6.61 Å². The van der Waals surface area contributed by atoms with E-state index in [1.807, 2.05) is 54.6 Å². The first kappa shape index (κ1) is 21.5. The van der Waals surface area contributed by atoms with Gasteiger partial charge in [0.1, 0.15) is 18.1 Å². The molecule has 0 heterocycles. The van der Waals surface area contributed by atoms with Crippen LogP contribution < -0.4 is 14.8 Å². The monoisotopic (exact) mass is 391 g/mol. The van der Waals surface area contributed by atoms with E-state index in [2.05, 4.69) is 0 Å². The van der Waals surface area contributed by atoms with Gasteiger partial charge in [0.15, 0.2) is 5.52 Å². The average molecular weight is 392 g/mol. The molecule has 0 saturated heterocycles. The van der Waals surface area contributed by atoms with Gasteiger partial charge in [-0.25, -0.2) is 0 Å². The number of halogens is 1. The second-order valence-electron chi connectivity index (χ2n) is 5.57. The second-order valence-corrected chi connectivity index (χ2v) is 7.26. The van der Waals surface area contributed by atoms with E-state index >= 15 is 0 Å². The first-order chi connectivity index (χ1) is 12.7. The molecule has 3 aromatic rings. The largest absolute Gasteiger partial charge is 0.496 e. The van der Waals surface area contributed by atoms with E-state index in [0.29, 0.717) is 22.9 Å². The van der Waals surface area contributed by atoms with Crippen molar-refractivity contribution in [2.75, 3.05) is 7.11 Å². The summed E-state index contributed by atoms with van der Waals surface area (Å²) in [6.07, 6.45) is 0. The van der Waals surface area contributed by atoms with Crippen molar-refractivity contribution < 1.29 is 14.3 Å². The van der Waals surface area contributed by atoms with Crippen LogP contribution in [0.25, 0.3) is 0 Å². The Hall–Kier alpha value is -1.75. The maximum atomic E-state index is 12.6. The van der Waals surface area contributed by atoms with Crippen molar-refractivity contribution >= 4 is 49.9 Å². The zero-order chi connectivity index (χ0) is 18.4. The maximum absolute atomic E-state index is 12.6. The third kappa shape index (κ3) is 5.86. The van der Waals surface area contributed by atoms with E-state index in [1.54, 1.807) is 18.2 Å². The van der Waals surface area contributed by atoms with Crippen molar-refractivity contribution in [3.8, 4) is 11.5 Å². The van der Waals surface area contributed by atoms with Gasteiger partial charge < -0.3 is 9.47 Å². The molecular formula is C21H18ClLiO3P. The fourth-order valence-corrected chi connectivity index (χ4v) is 3.77. The summed E-state index contributed by atoms with van der Waals surface area (Å²) in [4.78, 5) is 12.6. The van der Waals surface area contributed by atoms with Crippen LogP contribution in [-0.4, -0.2) is 31.5 Å². The van der Waals surface area contributed by atoms with Gasteiger partial charge in [0.05, 0.1) is 17.7 Å². The van der Waals surface area contributed by atoms with Crippen molar-refractivity contribution in [1.29, 1.82) is 0 Å². The third-order valence-electron chi connectivity index (χ3n) is 3.78. The summed E-state index contributed by atoms with van der Waals surface area (Å²) in [5.41, 5.74) is 1.49. The third-order valence-corrected chi connectivity index (χ3v) is 5.20. The van der Waals surface area contributed by atoms with Crippen LogP contribution in [0, 0.1) is 0 Å². The molecule has 27 heavy (non-hydrogen) atoms. The minimum absolute atomic E-state index is 0. The van der Waals surface area contributed by atoms with Gasteiger partial charge in [-0.1, -0.05) is 60.1 Å². The number of hydrogen-bond donors (Lipinski definition) is 0. The molecule has 133 valence electrons. The number of ether oxygens (including phenoxy) is 2. The molecule has 3 rings (SSSR count). The molecule has 6 heteroatoms. The van der Waals surface area contributed by atoms with Crippen LogP contribution in [0.5, 0.6) is 11.5 Å². The molecule has 0 bridgehead atoms. The first-order valence-electron chi connectivity index (χ1n) is 8.08. The topological polar surface area (TPSA) is 35.5 Å². The smallest absolute Gasteiger partial charge is 0.190 e. The molecule has 1 atom stereocenters. The zero-order valence-corrected chi connectivity index (χ0v) is 17.0. The van der Waals surface area contributed by atoms with Crippen LogP contribution >= 0.6 is 20.2 Å². The molecular weight excluding hydrogens is 374 g/mol. The van der Waals surface area contributed by atoms with E-state index in [9.17, 15) is 4.79 Å². The van der Waals surface area contributed by atoms with Crippen LogP contribution in [0.1, 0.15) is 15.9 Å². The Balaban J connectivity index is 0.00000261. The van der Waals surface area contributed by atoms with Crippen LogP contribution in [0.4, 0.5) is 0 Å². The van der Waals surface area contributed by atoms with Gasteiger partial charge in [-0.2, -0.15) is 0 Å². The van der Waals surface area contributed by atoms with Gasteiger partial charge in [0.2, 0.25) is 0 Å². The van der Waals surface area contributed by atoms with E-state index in [1.165, 1.54) is 7.11 Å². The molecule has 0 aliphatic rings. The number of methoxy groups -OCH3 is 1. The SMILES string of the molecule is COc1cccc(Cl)c1C(=O)Pc1ccc(OCc2ccccc2)cc1.[Li]. The molecule has 1 unspecified atom stereocenters. The summed E-state index contributed by atoms with van der Waals surface area (Å²) in [5, 5.41) is 1.33. The van der Waals surface area contributed by atoms with E-state index < -0.39 is 0 Å². The standard InChI is InChI=1S/C21H18ClO3P.Li/c1-24-19-9-5-8-18(22)20(19)21(23)26-17-12-10-16(11-13-17)25-14-15-6-3-2-4-7-15;/h2-13,26H,14H2,1H3;. The molecule has 1 radical (unpaired) electrons.